The van der Waals surface area contributed by atoms with Crippen LogP contribution in [0.15, 0.2) is 30.5 Å². The van der Waals surface area contributed by atoms with E-state index in [0.29, 0.717) is 5.65 Å². The van der Waals surface area contributed by atoms with Crippen LogP contribution >= 0.6 is 0 Å². The van der Waals surface area contributed by atoms with Gasteiger partial charge in [-0.1, -0.05) is 6.07 Å². The highest BCUT2D eigenvalue weighted by molar-refractivity contribution is 5.86. The lowest BCUT2D eigenvalue weighted by molar-refractivity contribution is 0.140. The Morgan fingerprint density at radius 3 is 2.74 bits per heavy atom. The summed E-state index contributed by atoms with van der Waals surface area (Å²) in [7, 11) is 0. The van der Waals surface area contributed by atoms with E-state index in [1.807, 2.05) is 38.1 Å². The predicted octanol–water partition coefficient (Wildman–Crippen LogP) is 3.83. The molecule has 116 valence electrons. The van der Waals surface area contributed by atoms with E-state index in [4.69, 9.17) is 0 Å². The topological polar surface area (TPSA) is 58.9 Å². The van der Waals surface area contributed by atoms with Crippen LogP contribution in [0.2, 0.25) is 0 Å². The maximum absolute atomic E-state index is 13.0. The molecular weight excluding hydrogens is 300 g/mol. The van der Waals surface area contributed by atoms with Gasteiger partial charge in [0.2, 0.25) is 5.82 Å². The molecule has 0 aliphatic rings. The van der Waals surface area contributed by atoms with E-state index >= 15 is 0 Å². The van der Waals surface area contributed by atoms with Crippen molar-refractivity contribution in [2.24, 2.45) is 0 Å². The maximum atomic E-state index is 13.0. The maximum Gasteiger partial charge on any atom is 0.299 e. The molecular formula is C16H13F2N5. The van der Waals surface area contributed by atoms with Crippen molar-refractivity contribution < 1.29 is 8.78 Å². The Morgan fingerprint density at radius 1 is 1.13 bits per heavy atom. The van der Waals surface area contributed by atoms with Gasteiger partial charge in [-0.25, -0.2) is 18.3 Å². The Bertz CT molecular complexity index is 1030. The van der Waals surface area contributed by atoms with E-state index in [9.17, 15) is 8.78 Å². The van der Waals surface area contributed by atoms with E-state index in [-0.39, 0.29) is 0 Å². The zero-order valence-electron chi connectivity index (χ0n) is 12.5. The highest BCUT2D eigenvalue weighted by Gasteiger charge is 2.18. The Balaban J connectivity index is 2.01. The number of benzene rings is 1. The molecule has 0 unspecified atom stereocenters. The summed E-state index contributed by atoms with van der Waals surface area (Å²) in [6, 6.07) is 7.67. The fraction of sp³-hybridized carbons (Fsp3) is 0.188. The first-order valence-electron chi connectivity index (χ1n) is 7.13. The Morgan fingerprint density at radius 2 is 1.96 bits per heavy atom. The van der Waals surface area contributed by atoms with Gasteiger partial charge in [-0.15, -0.1) is 5.10 Å². The van der Waals surface area contributed by atoms with Gasteiger partial charge < -0.3 is 0 Å². The van der Waals surface area contributed by atoms with E-state index in [1.165, 1.54) is 4.52 Å². The number of aromatic nitrogens is 5. The molecule has 0 amide bonds. The van der Waals surface area contributed by atoms with E-state index in [1.54, 1.807) is 6.20 Å². The molecule has 0 saturated carbocycles. The van der Waals surface area contributed by atoms with Gasteiger partial charge in [0.15, 0.2) is 5.65 Å². The number of nitrogens with one attached hydrogen (secondary N) is 1. The molecule has 5 nitrogen and oxygen atoms in total. The van der Waals surface area contributed by atoms with Gasteiger partial charge in [-0.3, -0.25) is 5.10 Å². The number of rotatable bonds is 2. The van der Waals surface area contributed by atoms with Crippen molar-refractivity contribution in [3.63, 3.8) is 0 Å². The molecule has 23 heavy (non-hydrogen) atoms. The van der Waals surface area contributed by atoms with Gasteiger partial charge in [-0.05, 0) is 43.2 Å². The highest BCUT2D eigenvalue weighted by Crippen LogP contribution is 2.28. The predicted molar refractivity (Wildman–Crippen MR) is 82.5 cm³/mol. The number of halogens is 2. The number of fused-ring (bicyclic) bond motifs is 2. The van der Waals surface area contributed by atoms with Crippen molar-refractivity contribution in [1.29, 1.82) is 0 Å². The first-order chi connectivity index (χ1) is 11.0. The van der Waals surface area contributed by atoms with Gasteiger partial charge in [0, 0.05) is 10.9 Å². The summed E-state index contributed by atoms with van der Waals surface area (Å²) in [5, 5.41) is 11.9. The van der Waals surface area contributed by atoms with E-state index in [0.717, 1.165) is 33.3 Å². The van der Waals surface area contributed by atoms with Crippen LogP contribution in [0.1, 0.15) is 23.4 Å². The Kier molecular flexibility index (Phi) is 2.90. The normalized spacial score (nSPS) is 11.9. The van der Waals surface area contributed by atoms with Crippen LogP contribution in [-0.4, -0.2) is 24.8 Å². The van der Waals surface area contributed by atoms with Crippen molar-refractivity contribution in [3.05, 3.63) is 47.4 Å². The van der Waals surface area contributed by atoms with Gasteiger partial charge >= 0.3 is 0 Å². The van der Waals surface area contributed by atoms with Gasteiger partial charge in [-0.2, -0.15) is 5.10 Å². The lowest BCUT2D eigenvalue weighted by atomic mass is 10.0. The van der Waals surface area contributed by atoms with E-state index < -0.39 is 12.2 Å². The Hall–Kier alpha value is -2.83. The summed E-state index contributed by atoms with van der Waals surface area (Å²) < 4.78 is 27.4. The van der Waals surface area contributed by atoms with Crippen molar-refractivity contribution in [3.8, 4) is 11.3 Å². The summed E-state index contributed by atoms with van der Waals surface area (Å²) in [5.74, 6) is -0.457. The standard InChI is InChI=1S/C16H13F2N5/c1-8-3-4-12(23-16(8)20-15(22-23)14(17)18)10-5-9(2)13-11(6-10)7-19-21-13/h3-7,14H,1-2H3,(H,19,21). The van der Waals surface area contributed by atoms with Crippen LogP contribution in [0.4, 0.5) is 8.78 Å². The van der Waals surface area contributed by atoms with Crippen LogP contribution in [0, 0.1) is 13.8 Å². The average Bonchev–Trinajstić information content (AvgIpc) is 3.14. The Labute approximate surface area is 130 Å². The fourth-order valence-electron chi connectivity index (χ4n) is 2.79. The first kappa shape index (κ1) is 13.8. The van der Waals surface area contributed by atoms with Gasteiger partial charge in [0.1, 0.15) is 0 Å². The van der Waals surface area contributed by atoms with Crippen molar-refractivity contribution in [2.75, 3.05) is 0 Å². The van der Waals surface area contributed by atoms with Crippen molar-refractivity contribution in [1.82, 2.24) is 24.8 Å². The minimum absolute atomic E-state index is 0.447. The number of aromatic amines is 1. The zero-order valence-corrected chi connectivity index (χ0v) is 12.5. The van der Waals surface area contributed by atoms with Gasteiger partial charge in [0.05, 0.1) is 17.4 Å². The first-order valence-corrected chi connectivity index (χ1v) is 7.13. The van der Waals surface area contributed by atoms with Crippen LogP contribution in [-0.2, 0) is 0 Å². The third kappa shape index (κ3) is 2.08. The second-order valence-corrected chi connectivity index (χ2v) is 5.54. The van der Waals surface area contributed by atoms with Gasteiger partial charge in [0.25, 0.3) is 6.43 Å². The largest absolute Gasteiger partial charge is 0.299 e. The van der Waals surface area contributed by atoms with Crippen LogP contribution in [0.5, 0.6) is 0 Å². The number of hydrogen-bond acceptors (Lipinski definition) is 3. The fourth-order valence-corrected chi connectivity index (χ4v) is 2.79. The molecule has 0 spiro atoms. The zero-order chi connectivity index (χ0) is 16.1. The van der Waals surface area contributed by atoms with Crippen molar-refractivity contribution >= 4 is 16.6 Å². The molecule has 4 aromatic rings. The lowest BCUT2D eigenvalue weighted by Crippen LogP contribution is -1.97. The molecule has 0 fully saturated rings. The molecule has 0 atom stereocenters. The van der Waals surface area contributed by atoms with Crippen LogP contribution in [0.25, 0.3) is 27.8 Å². The second kappa shape index (κ2) is 4.84. The third-order valence-electron chi connectivity index (χ3n) is 3.93. The number of nitrogens with zero attached hydrogens (tertiary/aromatic N) is 4. The molecule has 3 aromatic heterocycles. The molecule has 3 heterocycles. The van der Waals surface area contributed by atoms with Crippen LogP contribution < -0.4 is 0 Å². The monoisotopic (exact) mass is 313 g/mol. The summed E-state index contributed by atoms with van der Waals surface area (Å²) in [4.78, 5) is 3.96. The number of pyridine rings is 1. The SMILES string of the molecule is Cc1cc(-c2ccc(C)c3nc(C(F)F)nn23)cc2cn[nH]c12. The molecule has 1 N–H and O–H groups in total. The summed E-state index contributed by atoms with van der Waals surface area (Å²) in [6.07, 6.45) is -0.955. The van der Waals surface area contributed by atoms with Crippen LogP contribution in [0.3, 0.4) is 0 Å². The molecule has 0 saturated heterocycles. The van der Waals surface area contributed by atoms with E-state index in [2.05, 4.69) is 20.3 Å². The second-order valence-electron chi connectivity index (χ2n) is 5.54. The van der Waals surface area contributed by atoms with Crippen molar-refractivity contribution in [2.45, 2.75) is 20.3 Å². The molecule has 7 heteroatoms. The number of alkyl halides is 2. The molecule has 0 aliphatic heterocycles. The average molecular weight is 313 g/mol. The number of aryl methyl sites for hydroxylation is 2. The summed E-state index contributed by atoms with van der Waals surface area (Å²) in [5.41, 5.74) is 4.84. The molecule has 0 radical (unpaired) electrons. The smallest absolute Gasteiger partial charge is 0.278 e. The highest BCUT2D eigenvalue weighted by atomic mass is 19.3. The minimum atomic E-state index is -2.69. The minimum Gasteiger partial charge on any atom is -0.278 e. The number of hydrogen-bond donors (Lipinski definition) is 1. The molecule has 0 aliphatic carbocycles. The molecule has 0 bridgehead atoms. The molecule has 1 aromatic carbocycles. The molecule has 4 rings (SSSR count). The summed E-state index contributed by atoms with van der Waals surface area (Å²) >= 11 is 0. The lowest BCUT2D eigenvalue weighted by Gasteiger charge is -2.07. The third-order valence-corrected chi connectivity index (χ3v) is 3.93. The quantitative estimate of drug-likeness (QED) is 0.612. The summed E-state index contributed by atoms with van der Waals surface area (Å²) in [6.45, 7) is 3.80. The number of H-pyrrole nitrogens is 1.